The van der Waals surface area contributed by atoms with Crippen LogP contribution in [0, 0.1) is 13.8 Å². The minimum atomic E-state index is 0.00409. The topological polar surface area (TPSA) is 59.8 Å². The van der Waals surface area contributed by atoms with Gasteiger partial charge in [0, 0.05) is 30.5 Å². The zero-order valence-electron chi connectivity index (χ0n) is 14.3. The number of hydrogen-bond donors (Lipinski definition) is 1. The van der Waals surface area contributed by atoms with Crippen molar-refractivity contribution in [3.8, 4) is 0 Å². The van der Waals surface area contributed by atoms with Crippen molar-refractivity contribution >= 4 is 5.91 Å². The van der Waals surface area contributed by atoms with Crippen LogP contribution in [0.3, 0.4) is 0 Å². The van der Waals surface area contributed by atoms with Crippen molar-refractivity contribution in [1.29, 1.82) is 0 Å². The molecule has 2 aromatic rings. The van der Waals surface area contributed by atoms with E-state index in [2.05, 4.69) is 40.0 Å². The zero-order valence-corrected chi connectivity index (χ0v) is 14.3. The monoisotopic (exact) mass is 312 g/mol. The van der Waals surface area contributed by atoms with Crippen molar-refractivity contribution in [3.63, 3.8) is 0 Å². The predicted molar refractivity (Wildman–Crippen MR) is 89.6 cm³/mol. The highest BCUT2D eigenvalue weighted by Crippen LogP contribution is 2.20. The normalized spacial score (nSPS) is 17.2. The van der Waals surface area contributed by atoms with Crippen LogP contribution in [0.1, 0.15) is 59.3 Å². The number of carbonyl (C=O) groups excluding carboxylic acids is 1. The van der Waals surface area contributed by atoms with Crippen LogP contribution in [-0.2, 0) is 13.0 Å². The molecular weight excluding hydrogens is 288 g/mol. The molecule has 0 saturated carbocycles. The van der Waals surface area contributed by atoms with E-state index in [4.69, 9.17) is 0 Å². The van der Waals surface area contributed by atoms with E-state index < -0.39 is 0 Å². The molecule has 0 aliphatic carbocycles. The van der Waals surface area contributed by atoms with E-state index >= 15 is 0 Å². The van der Waals surface area contributed by atoms with Gasteiger partial charge in [0.05, 0.1) is 0 Å². The molecule has 122 valence electrons. The van der Waals surface area contributed by atoms with Gasteiger partial charge in [0.25, 0.3) is 5.91 Å². The van der Waals surface area contributed by atoms with E-state index in [1.165, 1.54) is 0 Å². The summed E-state index contributed by atoms with van der Waals surface area (Å²) < 4.78 is 2.17. The number of amides is 1. The number of aromatic nitrogens is 3. The maximum absolute atomic E-state index is 12.5. The third-order valence-electron chi connectivity index (χ3n) is 4.31. The van der Waals surface area contributed by atoms with Crippen LogP contribution in [0.25, 0.3) is 0 Å². The lowest BCUT2D eigenvalue weighted by Gasteiger charge is -2.26. The average Bonchev–Trinajstić information content (AvgIpc) is 2.89. The SMILES string of the molecule is Cc1cc(C)cc(C(=O)N[C@H]2CCc3nnc(C(C)C)n3C2)c1. The van der Waals surface area contributed by atoms with Gasteiger partial charge in [-0.3, -0.25) is 4.79 Å². The Labute approximate surface area is 137 Å². The number of hydrogen-bond acceptors (Lipinski definition) is 3. The summed E-state index contributed by atoms with van der Waals surface area (Å²) in [5.74, 6) is 2.38. The minimum absolute atomic E-state index is 0.00409. The Morgan fingerprint density at radius 3 is 2.57 bits per heavy atom. The summed E-state index contributed by atoms with van der Waals surface area (Å²) in [6.07, 6.45) is 1.77. The van der Waals surface area contributed by atoms with E-state index in [1.54, 1.807) is 0 Å². The summed E-state index contributed by atoms with van der Waals surface area (Å²) in [5, 5.41) is 11.7. The molecule has 5 nitrogen and oxygen atoms in total. The molecule has 1 aromatic carbocycles. The van der Waals surface area contributed by atoms with Gasteiger partial charge in [-0.05, 0) is 32.4 Å². The van der Waals surface area contributed by atoms with Gasteiger partial charge in [-0.2, -0.15) is 0 Å². The molecule has 0 bridgehead atoms. The number of carbonyl (C=O) groups is 1. The summed E-state index contributed by atoms with van der Waals surface area (Å²) >= 11 is 0. The van der Waals surface area contributed by atoms with Crippen LogP contribution < -0.4 is 5.32 Å². The molecule has 5 heteroatoms. The number of rotatable bonds is 3. The molecule has 0 unspecified atom stereocenters. The third kappa shape index (κ3) is 3.28. The molecule has 0 radical (unpaired) electrons. The molecule has 0 saturated heterocycles. The molecule has 1 amide bonds. The fourth-order valence-corrected chi connectivity index (χ4v) is 3.27. The van der Waals surface area contributed by atoms with Crippen LogP contribution in [0.15, 0.2) is 18.2 Å². The van der Waals surface area contributed by atoms with Crippen LogP contribution in [0.5, 0.6) is 0 Å². The molecule has 3 rings (SSSR count). The van der Waals surface area contributed by atoms with Crippen molar-refractivity contribution in [2.45, 2.75) is 59.0 Å². The smallest absolute Gasteiger partial charge is 0.251 e. The van der Waals surface area contributed by atoms with Gasteiger partial charge in [-0.15, -0.1) is 10.2 Å². The lowest BCUT2D eigenvalue weighted by Crippen LogP contribution is -2.41. The molecule has 2 heterocycles. The Morgan fingerprint density at radius 2 is 1.91 bits per heavy atom. The first-order valence-corrected chi connectivity index (χ1v) is 8.25. The number of benzene rings is 1. The van der Waals surface area contributed by atoms with Crippen LogP contribution in [-0.4, -0.2) is 26.7 Å². The first kappa shape index (κ1) is 15.7. The maximum Gasteiger partial charge on any atom is 0.251 e. The van der Waals surface area contributed by atoms with Crippen LogP contribution >= 0.6 is 0 Å². The predicted octanol–water partition coefficient (Wildman–Crippen LogP) is 2.76. The van der Waals surface area contributed by atoms with Gasteiger partial charge in [0.1, 0.15) is 11.6 Å². The molecule has 0 fully saturated rings. The highest BCUT2D eigenvalue weighted by Gasteiger charge is 2.25. The molecule has 1 atom stereocenters. The van der Waals surface area contributed by atoms with Gasteiger partial charge in [0.2, 0.25) is 0 Å². The fraction of sp³-hybridized carbons (Fsp3) is 0.500. The van der Waals surface area contributed by atoms with Gasteiger partial charge in [-0.1, -0.05) is 31.0 Å². The largest absolute Gasteiger partial charge is 0.347 e. The Balaban J connectivity index is 1.74. The Morgan fingerprint density at radius 1 is 1.22 bits per heavy atom. The summed E-state index contributed by atoms with van der Waals surface area (Å²) in [6, 6.07) is 6.09. The molecular formula is C18H24N4O. The van der Waals surface area contributed by atoms with E-state index in [-0.39, 0.29) is 11.9 Å². The standard InChI is InChI=1S/C18H24N4O/c1-11(2)17-21-20-16-6-5-15(10-22(16)17)19-18(23)14-8-12(3)7-13(4)9-14/h7-9,11,15H,5-6,10H2,1-4H3,(H,19,23)/t15-/m0/s1. The second-order valence-electron chi connectivity index (χ2n) is 6.83. The summed E-state index contributed by atoms with van der Waals surface area (Å²) in [7, 11) is 0. The van der Waals surface area contributed by atoms with E-state index in [0.29, 0.717) is 5.92 Å². The van der Waals surface area contributed by atoms with E-state index in [0.717, 1.165) is 47.7 Å². The number of nitrogens with one attached hydrogen (secondary N) is 1. The average molecular weight is 312 g/mol. The Kier molecular flexibility index (Phi) is 4.20. The first-order chi connectivity index (χ1) is 10.9. The second-order valence-corrected chi connectivity index (χ2v) is 6.83. The minimum Gasteiger partial charge on any atom is -0.347 e. The highest BCUT2D eigenvalue weighted by molar-refractivity contribution is 5.94. The second kappa shape index (κ2) is 6.14. The quantitative estimate of drug-likeness (QED) is 0.948. The molecule has 1 aliphatic rings. The number of nitrogens with zero attached hydrogens (tertiary/aromatic N) is 3. The van der Waals surface area contributed by atoms with Crippen molar-refractivity contribution in [1.82, 2.24) is 20.1 Å². The molecule has 1 aromatic heterocycles. The van der Waals surface area contributed by atoms with Crippen LogP contribution in [0.4, 0.5) is 0 Å². The zero-order chi connectivity index (χ0) is 16.6. The van der Waals surface area contributed by atoms with E-state index in [1.807, 2.05) is 26.0 Å². The van der Waals surface area contributed by atoms with Gasteiger partial charge in [-0.25, -0.2) is 0 Å². The van der Waals surface area contributed by atoms with Gasteiger partial charge in [0.15, 0.2) is 0 Å². The first-order valence-electron chi connectivity index (χ1n) is 8.25. The van der Waals surface area contributed by atoms with Crippen molar-refractivity contribution in [2.24, 2.45) is 0 Å². The maximum atomic E-state index is 12.5. The van der Waals surface area contributed by atoms with Gasteiger partial charge < -0.3 is 9.88 Å². The van der Waals surface area contributed by atoms with Crippen LogP contribution in [0.2, 0.25) is 0 Å². The lowest BCUT2D eigenvalue weighted by molar-refractivity contribution is 0.0927. The number of aryl methyl sites for hydroxylation is 3. The molecule has 23 heavy (non-hydrogen) atoms. The van der Waals surface area contributed by atoms with Gasteiger partial charge >= 0.3 is 0 Å². The molecule has 0 spiro atoms. The lowest BCUT2D eigenvalue weighted by atomic mass is 10.0. The fourth-order valence-electron chi connectivity index (χ4n) is 3.27. The van der Waals surface area contributed by atoms with Crippen molar-refractivity contribution in [3.05, 3.63) is 46.5 Å². The summed E-state index contributed by atoms with van der Waals surface area (Å²) in [5.41, 5.74) is 2.96. The Bertz CT molecular complexity index is 712. The van der Waals surface area contributed by atoms with E-state index in [9.17, 15) is 4.79 Å². The summed E-state index contributed by atoms with van der Waals surface area (Å²) in [6.45, 7) is 9.03. The van der Waals surface area contributed by atoms with Crippen molar-refractivity contribution in [2.75, 3.05) is 0 Å². The molecule has 1 N–H and O–H groups in total. The Hall–Kier alpha value is -2.17. The summed E-state index contributed by atoms with van der Waals surface area (Å²) in [4.78, 5) is 12.5. The highest BCUT2D eigenvalue weighted by atomic mass is 16.1. The molecule has 1 aliphatic heterocycles. The van der Waals surface area contributed by atoms with Crippen molar-refractivity contribution < 1.29 is 4.79 Å². The number of fused-ring (bicyclic) bond motifs is 1. The third-order valence-corrected chi connectivity index (χ3v) is 4.31.